The van der Waals surface area contributed by atoms with Gasteiger partial charge >= 0.3 is 0 Å². The van der Waals surface area contributed by atoms with Gasteiger partial charge in [0.05, 0.1) is 22.3 Å². The summed E-state index contributed by atoms with van der Waals surface area (Å²) < 4.78 is 2.02. The molecule has 0 aliphatic carbocycles. The first-order chi connectivity index (χ1) is 5.65. The quantitative estimate of drug-likeness (QED) is 0.889. The van der Waals surface area contributed by atoms with Crippen molar-refractivity contribution in [3.05, 3.63) is 19.2 Å². The maximum absolute atomic E-state index is 8.43. The molecule has 0 fully saturated rings. The molecule has 0 aliphatic rings. The number of hydrogen-bond acceptors (Lipinski definition) is 3. The number of nitrogens with zero attached hydrogens (tertiary/aromatic N) is 1. The number of thiophene rings is 1. The molecule has 0 aliphatic heterocycles. The van der Waals surface area contributed by atoms with E-state index in [0.717, 1.165) is 13.1 Å². The standard InChI is InChI=1S/C7H6Br2N2S.ClH/c8-4-3-6(12-7(4)9)5(11)1-2-10;/h3,5H,1,11H2;1H/t5-;/m1./s1. The zero-order valence-electron chi connectivity index (χ0n) is 6.46. The fourth-order valence-electron chi connectivity index (χ4n) is 0.745. The molecule has 0 saturated heterocycles. The van der Waals surface area contributed by atoms with Crippen molar-refractivity contribution in [2.24, 2.45) is 5.73 Å². The maximum Gasteiger partial charge on any atom is 0.0843 e. The fraction of sp³-hybridized carbons (Fsp3) is 0.286. The highest BCUT2D eigenvalue weighted by Crippen LogP contribution is 2.35. The van der Waals surface area contributed by atoms with E-state index in [0.29, 0.717) is 6.42 Å². The lowest BCUT2D eigenvalue weighted by Gasteiger charge is -2.01. The molecule has 0 bridgehead atoms. The van der Waals surface area contributed by atoms with Crippen LogP contribution in [-0.2, 0) is 0 Å². The lowest BCUT2D eigenvalue weighted by molar-refractivity contribution is 0.764. The predicted molar refractivity (Wildman–Crippen MR) is 64.1 cm³/mol. The zero-order valence-corrected chi connectivity index (χ0v) is 11.3. The average molecular weight is 346 g/mol. The van der Waals surface area contributed by atoms with Gasteiger partial charge in [-0.05, 0) is 37.9 Å². The van der Waals surface area contributed by atoms with Gasteiger partial charge in [-0.25, -0.2) is 0 Å². The molecule has 13 heavy (non-hydrogen) atoms. The van der Waals surface area contributed by atoms with Gasteiger partial charge in [0, 0.05) is 9.35 Å². The van der Waals surface area contributed by atoms with E-state index in [9.17, 15) is 0 Å². The third-order valence-electron chi connectivity index (χ3n) is 1.34. The Balaban J connectivity index is 0.00000144. The van der Waals surface area contributed by atoms with Gasteiger partial charge in [0.1, 0.15) is 0 Å². The number of halogens is 3. The van der Waals surface area contributed by atoms with E-state index in [1.54, 1.807) is 11.3 Å². The van der Waals surface area contributed by atoms with Gasteiger partial charge in [0.25, 0.3) is 0 Å². The van der Waals surface area contributed by atoms with Gasteiger partial charge in [0.2, 0.25) is 0 Å². The second kappa shape index (κ2) is 5.99. The summed E-state index contributed by atoms with van der Waals surface area (Å²) in [5, 5.41) is 8.43. The van der Waals surface area contributed by atoms with Crippen molar-refractivity contribution in [2.45, 2.75) is 12.5 Å². The van der Waals surface area contributed by atoms with Crippen molar-refractivity contribution < 1.29 is 0 Å². The lowest BCUT2D eigenvalue weighted by Crippen LogP contribution is -2.06. The van der Waals surface area contributed by atoms with Crippen LogP contribution in [0, 0.1) is 11.3 Å². The second-order valence-electron chi connectivity index (χ2n) is 2.24. The van der Waals surface area contributed by atoms with Crippen molar-refractivity contribution in [3.8, 4) is 6.07 Å². The van der Waals surface area contributed by atoms with Gasteiger partial charge in [-0.1, -0.05) is 0 Å². The summed E-state index contributed by atoms with van der Waals surface area (Å²) in [5.74, 6) is 0. The summed E-state index contributed by atoms with van der Waals surface area (Å²) in [6.07, 6.45) is 0.361. The average Bonchev–Trinajstić information content (AvgIpc) is 2.33. The summed E-state index contributed by atoms with van der Waals surface area (Å²) in [6, 6.07) is 3.82. The Labute approximate surface area is 104 Å². The van der Waals surface area contributed by atoms with Crippen LogP contribution in [-0.4, -0.2) is 0 Å². The molecule has 2 nitrogen and oxygen atoms in total. The van der Waals surface area contributed by atoms with E-state index in [-0.39, 0.29) is 18.4 Å². The van der Waals surface area contributed by atoms with Crippen molar-refractivity contribution >= 4 is 55.6 Å². The third kappa shape index (κ3) is 3.56. The molecule has 0 aromatic carbocycles. The number of rotatable bonds is 2. The van der Waals surface area contributed by atoms with Crippen molar-refractivity contribution in [3.63, 3.8) is 0 Å². The first-order valence-corrected chi connectivity index (χ1v) is 5.62. The van der Waals surface area contributed by atoms with Crippen LogP contribution < -0.4 is 5.73 Å². The van der Waals surface area contributed by atoms with Gasteiger partial charge in [-0.3, -0.25) is 0 Å². The summed E-state index contributed by atoms with van der Waals surface area (Å²) in [4.78, 5) is 1.02. The summed E-state index contributed by atoms with van der Waals surface area (Å²) in [7, 11) is 0. The molecule has 1 rings (SSSR count). The third-order valence-corrected chi connectivity index (χ3v) is 4.73. The molecular formula is C7H7Br2ClN2S. The fourth-order valence-corrected chi connectivity index (χ4v) is 2.84. The molecule has 0 radical (unpaired) electrons. The first-order valence-electron chi connectivity index (χ1n) is 3.22. The van der Waals surface area contributed by atoms with E-state index in [2.05, 4.69) is 31.9 Å². The van der Waals surface area contributed by atoms with Crippen LogP contribution in [0.2, 0.25) is 0 Å². The molecular weight excluding hydrogens is 339 g/mol. The first kappa shape index (κ1) is 13.4. The monoisotopic (exact) mass is 344 g/mol. The van der Waals surface area contributed by atoms with E-state index in [4.69, 9.17) is 11.0 Å². The number of nitriles is 1. The van der Waals surface area contributed by atoms with Crippen LogP contribution >= 0.6 is 55.6 Å². The minimum Gasteiger partial charge on any atom is -0.322 e. The van der Waals surface area contributed by atoms with Crippen molar-refractivity contribution in [2.75, 3.05) is 0 Å². The molecule has 0 saturated carbocycles. The highest BCUT2D eigenvalue weighted by atomic mass is 79.9. The molecule has 0 unspecified atom stereocenters. The smallest absolute Gasteiger partial charge is 0.0843 e. The van der Waals surface area contributed by atoms with E-state index >= 15 is 0 Å². The highest BCUT2D eigenvalue weighted by Gasteiger charge is 2.10. The zero-order chi connectivity index (χ0) is 9.14. The van der Waals surface area contributed by atoms with Gasteiger partial charge in [0.15, 0.2) is 0 Å². The van der Waals surface area contributed by atoms with Crippen molar-refractivity contribution in [1.82, 2.24) is 0 Å². The SMILES string of the molecule is Cl.N#CC[C@@H](N)c1cc(Br)c(Br)s1. The second-order valence-corrected chi connectivity index (χ2v) is 5.50. The highest BCUT2D eigenvalue weighted by molar-refractivity contribution is 9.13. The molecule has 1 aromatic rings. The topological polar surface area (TPSA) is 49.8 Å². The molecule has 1 aromatic heterocycles. The number of hydrogen-bond donors (Lipinski definition) is 1. The molecule has 72 valence electrons. The minimum absolute atomic E-state index is 0. The van der Waals surface area contributed by atoms with E-state index < -0.39 is 0 Å². The van der Waals surface area contributed by atoms with Gasteiger partial charge < -0.3 is 5.73 Å². The lowest BCUT2D eigenvalue weighted by atomic mass is 10.2. The molecule has 2 N–H and O–H groups in total. The summed E-state index contributed by atoms with van der Waals surface area (Å²) in [6.45, 7) is 0. The van der Waals surface area contributed by atoms with Crippen LogP contribution in [0.1, 0.15) is 17.3 Å². The Morgan fingerprint density at radius 3 is 2.62 bits per heavy atom. The Bertz CT molecular complexity index is 301. The Morgan fingerprint density at radius 2 is 2.23 bits per heavy atom. The van der Waals surface area contributed by atoms with Crippen LogP contribution in [0.15, 0.2) is 14.3 Å². The summed E-state index contributed by atoms with van der Waals surface area (Å²) >= 11 is 8.29. The van der Waals surface area contributed by atoms with Crippen LogP contribution in [0.4, 0.5) is 0 Å². The van der Waals surface area contributed by atoms with E-state index in [1.165, 1.54) is 0 Å². The Hall–Kier alpha value is 0.400. The van der Waals surface area contributed by atoms with Gasteiger partial charge in [-0.2, -0.15) is 5.26 Å². The molecule has 0 amide bonds. The van der Waals surface area contributed by atoms with Crippen LogP contribution in [0.5, 0.6) is 0 Å². The van der Waals surface area contributed by atoms with Crippen LogP contribution in [0.3, 0.4) is 0 Å². The molecule has 6 heteroatoms. The molecule has 1 heterocycles. The summed E-state index contributed by atoms with van der Waals surface area (Å²) in [5.41, 5.74) is 5.73. The van der Waals surface area contributed by atoms with Gasteiger partial charge in [-0.15, -0.1) is 23.7 Å². The largest absolute Gasteiger partial charge is 0.322 e. The Kier molecular flexibility index (Phi) is 6.18. The maximum atomic E-state index is 8.43. The van der Waals surface area contributed by atoms with Crippen molar-refractivity contribution in [1.29, 1.82) is 5.26 Å². The molecule has 0 spiro atoms. The number of nitrogens with two attached hydrogens (primary N) is 1. The Morgan fingerprint density at radius 1 is 1.62 bits per heavy atom. The minimum atomic E-state index is -0.164. The normalized spacial score (nSPS) is 11.5. The van der Waals surface area contributed by atoms with Crippen LogP contribution in [0.25, 0.3) is 0 Å². The predicted octanol–water partition coefficient (Wildman–Crippen LogP) is 3.61. The molecule has 1 atom stereocenters. The van der Waals surface area contributed by atoms with E-state index in [1.807, 2.05) is 12.1 Å².